The number of anilines is 1. The zero-order valence-electron chi connectivity index (χ0n) is 14.4. The molecule has 1 fully saturated rings. The standard InChI is InChI=1S/C20H20N4O2/c25-20(17-7-1-4-15-5-2-8-21-18(15)17)23-14-16-6-3-9-22-19(16)24-10-12-26-13-11-24/h1-9H,10-14H2,(H,23,25). The number of ether oxygens (including phenoxy) is 1. The molecular weight excluding hydrogens is 328 g/mol. The van der Waals surface area contributed by atoms with Crippen LogP contribution in [0.2, 0.25) is 0 Å². The summed E-state index contributed by atoms with van der Waals surface area (Å²) >= 11 is 0. The van der Waals surface area contributed by atoms with Crippen molar-refractivity contribution in [3.63, 3.8) is 0 Å². The summed E-state index contributed by atoms with van der Waals surface area (Å²) in [5, 5.41) is 3.96. The van der Waals surface area contributed by atoms with Crippen molar-refractivity contribution in [3.05, 3.63) is 66.0 Å². The van der Waals surface area contributed by atoms with Gasteiger partial charge in [0.1, 0.15) is 5.82 Å². The first kappa shape index (κ1) is 16.5. The zero-order chi connectivity index (χ0) is 17.8. The van der Waals surface area contributed by atoms with Crippen molar-refractivity contribution in [2.75, 3.05) is 31.2 Å². The van der Waals surface area contributed by atoms with Gasteiger partial charge in [0.05, 0.1) is 24.3 Å². The third-order valence-electron chi connectivity index (χ3n) is 4.49. The lowest BCUT2D eigenvalue weighted by Crippen LogP contribution is -2.37. The van der Waals surface area contributed by atoms with Crippen LogP contribution in [0.5, 0.6) is 0 Å². The lowest BCUT2D eigenvalue weighted by atomic mass is 10.1. The molecule has 1 N–H and O–H groups in total. The molecule has 0 aliphatic carbocycles. The van der Waals surface area contributed by atoms with Crippen molar-refractivity contribution in [1.82, 2.24) is 15.3 Å². The van der Waals surface area contributed by atoms with Gasteiger partial charge in [-0.1, -0.05) is 24.3 Å². The van der Waals surface area contributed by atoms with Crippen LogP contribution in [-0.4, -0.2) is 42.2 Å². The molecule has 2 aromatic heterocycles. The van der Waals surface area contributed by atoms with Crippen LogP contribution in [0.4, 0.5) is 5.82 Å². The fourth-order valence-corrected chi connectivity index (χ4v) is 3.19. The highest BCUT2D eigenvalue weighted by Gasteiger charge is 2.17. The molecular formula is C20H20N4O2. The molecule has 0 atom stereocenters. The molecule has 132 valence electrons. The second-order valence-corrected chi connectivity index (χ2v) is 6.15. The number of hydrogen-bond donors (Lipinski definition) is 1. The fraction of sp³-hybridized carbons (Fsp3) is 0.250. The molecule has 1 aliphatic heterocycles. The van der Waals surface area contributed by atoms with Crippen molar-refractivity contribution >= 4 is 22.6 Å². The Morgan fingerprint density at radius 3 is 2.69 bits per heavy atom. The number of rotatable bonds is 4. The first-order chi connectivity index (χ1) is 12.8. The van der Waals surface area contributed by atoms with Crippen LogP contribution in [0.15, 0.2) is 54.9 Å². The predicted molar refractivity (Wildman–Crippen MR) is 100 cm³/mol. The van der Waals surface area contributed by atoms with Crippen LogP contribution in [0.1, 0.15) is 15.9 Å². The number of carbonyl (C=O) groups is 1. The number of nitrogens with one attached hydrogen (secondary N) is 1. The van der Waals surface area contributed by atoms with Crippen molar-refractivity contribution in [3.8, 4) is 0 Å². The molecule has 1 saturated heterocycles. The highest BCUT2D eigenvalue weighted by molar-refractivity contribution is 6.05. The highest BCUT2D eigenvalue weighted by Crippen LogP contribution is 2.19. The molecule has 0 radical (unpaired) electrons. The van der Waals surface area contributed by atoms with Crippen molar-refractivity contribution in [1.29, 1.82) is 0 Å². The smallest absolute Gasteiger partial charge is 0.253 e. The predicted octanol–water partition coefficient (Wildman–Crippen LogP) is 2.40. The Hall–Kier alpha value is -2.99. The van der Waals surface area contributed by atoms with E-state index in [4.69, 9.17) is 4.74 Å². The van der Waals surface area contributed by atoms with Gasteiger partial charge in [0.25, 0.3) is 5.91 Å². The van der Waals surface area contributed by atoms with Crippen molar-refractivity contribution < 1.29 is 9.53 Å². The summed E-state index contributed by atoms with van der Waals surface area (Å²) in [6.07, 6.45) is 3.49. The average Bonchev–Trinajstić information content (AvgIpc) is 2.72. The first-order valence-electron chi connectivity index (χ1n) is 8.71. The van der Waals surface area contributed by atoms with Gasteiger partial charge in [-0.3, -0.25) is 9.78 Å². The highest BCUT2D eigenvalue weighted by atomic mass is 16.5. The Morgan fingerprint density at radius 2 is 1.81 bits per heavy atom. The molecule has 26 heavy (non-hydrogen) atoms. The lowest BCUT2D eigenvalue weighted by Gasteiger charge is -2.29. The van der Waals surface area contributed by atoms with E-state index in [1.165, 1.54) is 0 Å². The molecule has 0 spiro atoms. The Morgan fingerprint density at radius 1 is 1.04 bits per heavy atom. The second kappa shape index (κ2) is 7.49. The summed E-state index contributed by atoms with van der Waals surface area (Å²) in [5.41, 5.74) is 2.29. The van der Waals surface area contributed by atoms with Gasteiger partial charge in [-0.25, -0.2) is 4.98 Å². The van der Waals surface area contributed by atoms with E-state index in [2.05, 4.69) is 20.2 Å². The van der Waals surface area contributed by atoms with Crippen LogP contribution < -0.4 is 10.2 Å². The lowest BCUT2D eigenvalue weighted by molar-refractivity contribution is 0.0952. The van der Waals surface area contributed by atoms with Crippen molar-refractivity contribution in [2.24, 2.45) is 0 Å². The maximum absolute atomic E-state index is 12.7. The number of pyridine rings is 2. The monoisotopic (exact) mass is 348 g/mol. The van der Waals surface area contributed by atoms with E-state index in [-0.39, 0.29) is 5.91 Å². The van der Waals surface area contributed by atoms with Crippen LogP contribution in [-0.2, 0) is 11.3 Å². The van der Waals surface area contributed by atoms with Gasteiger partial charge >= 0.3 is 0 Å². The fourth-order valence-electron chi connectivity index (χ4n) is 3.19. The minimum Gasteiger partial charge on any atom is -0.378 e. The Balaban J connectivity index is 1.53. The largest absolute Gasteiger partial charge is 0.378 e. The van der Waals surface area contributed by atoms with Gasteiger partial charge in [-0.15, -0.1) is 0 Å². The minimum absolute atomic E-state index is 0.133. The molecule has 3 aromatic rings. The molecule has 1 aliphatic rings. The number of amides is 1. The summed E-state index contributed by atoms with van der Waals surface area (Å²) in [7, 11) is 0. The normalized spacial score (nSPS) is 14.4. The number of aromatic nitrogens is 2. The van der Waals surface area contributed by atoms with Gasteiger partial charge in [-0.05, 0) is 18.2 Å². The molecule has 0 saturated carbocycles. The topological polar surface area (TPSA) is 67.4 Å². The summed E-state index contributed by atoms with van der Waals surface area (Å²) in [6.45, 7) is 3.44. The zero-order valence-corrected chi connectivity index (χ0v) is 14.4. The molecule has 1 aromatic carbocycles. The van der Waals surface area contributed by atoms with Gasteiger partial charge in [0.15, 0.2) is 0 Å². The quantitative estimate of drug-likeness (QED) is 0.784. The van der Waals surface area contributed by atoms with E-state index in [1.807, 2.05) is 36.4 Å². The van der Waals surface area contributed by atoms with E-state index in [9.17, 15) is 4.79 Å². The Kier molecular flexibility index (Phi) is 4.75. The summed E-state index contributed by atoms with van der Waals surface area (Å²) in [6, 6.07) is 13.4. The SMILES string of the molecule is O=C(NCc1cccnc1N1CCOCC1)c1cccc2cccnc12. The average molecular weight is 348 g/mol. The second-order valence-electron chi connectivity index (χ2n) is 6.15. The number of nitrogens with zero attached hydrogens (tertiary/aromatic N) is 3. The summed E-state index contributed by atoms with van der Waals surface area (Å²) in [4.78, 5) is 23.8. The third-order valence-corrected chi connectivity index (χ3v) is 4.49. The molecule has 0 unspecified atom stereocenters. The number of carbonyl (C=O) groups excluding carboxylic acids is 1. The van der Waals surface area contributed by atoms with E-state index >= 15 is 0 Å². The minimum atomic E-state index is -0.133. The van der Waals surface area contributed by atoms with Gasteiger partial charge in [-0.2, -0.15) is 0 Å². The van der Waals surface area contributed by atoms with E-state index in [1.54, 1.807) is 18.5 Å². The van der Waals surface area contributed by atoms with Crippen LogP contribution in [0.25, 0.3) is 10.9 Å². The van der Waals surface area contributed by atoms with Crippen molar-refractivity contribution in [2.45, 2.75) is 6.54 Å². The number of morpholine rings is 1. The van der Waals surface area contributed by atoms with Gasteiger partial charge < -0.3 is 15.0 Å². The van der Waals surface area contributed by atoms with Crippen LogP contribution >= 0.6 is 0 Å². The van der Waals surface area contributed by atoms with E-state index in [0.717, 1.165) is 29.9 Å². The van der Waals surface area contributed by atoms with Gasteiger partial charge in [0.2, 0.25) is 0 Å². The molecule has 4 rings (SSSR count). The molecule has 6 heteroatoms. The molecule has 3 heterocycles. The van der Waals surface area contributed by atoms with E-state index in [0.29, 0.717) is 30.8 Å². The summed E-state index contributed by atoms with van der Waals surface area (Å²) in [5.74, 6) is 0.776. The Labute approximate surface area is 151 Å². The number of benzene rings is 1. The Bertz CT molecular complexity index is 917. The summed E-state index contributed by atoms with van der Waals surface area (Å²) < 4.78 is 5.41. The van der Waals surface area contributed by atoms with Gasteiger partial charge in [0, 0.05) is 43.0 Å². The molecule has 0 bridgehead atoms. The maximum atomic E-state index is 12.7. The molecule has 6 nitrogen and oxygen atoms in total. The third kappa shape index (κ3) is 3.36. The van der Waals surface area contributed by atoms with E-state index < -0.39 is 0 Å². The number of para-hydroxylation sites is 1. The number of hydrogen-bond acceptors (Lipinski definition) is 5. The maximum Gasteiger partial charge on any atom is 0.253 e. The number of fused-ring (bicyclic) bond motifs is 1. The molecule has 1 amide bonds. The van der Waals surface area contributed by atoms with Crippen LogP contribution in [0, 0.1) is 0 Å². The van der Waals surface area contributed by atoms with Crippen LogP contribution in [0.3, 0.4) is 0 Å². The first-order valence-corrected chi connectivity index (χ1v) is 8.71.